The number of nitrogens with zero attached hydrogens (tertiary/aromatic N) is 3. The molecule has 1 amide bonds. The predicted molar refractivity (Wildman–Crippen MR) is 98.9 cm³/mol. The van der Waals surface area contributed by atoms with Gasteiger partial charge in [-0.05, 0) is 37.7 Å². The third kappa shape index (κ3) is 2.44. The maximum atomic E-state index is 13.1. The Morgan fingerprint density at radius 2 is 2.04 bits per heavy atom. The number of aromatic nitrogens is 2. The van der Waals surface area contributed by atoms with E-state index < -0.39 is 11.6 Å². The van der Waals surface area contributed by atoms with Gasteiger partial charge in [0.05, 0.1) is 22.7 Å². The molecule has 4 rings (SSSR count). The molecule has 2 aliphatic heterocycles. The lowest BCUT2D eigenvalue weighted by Gasteiger charge is -2.36. The van der Waals surface area contributed by atoms with E-state index in [0.29, 0.717) is 19.5 Å². The van der Waals surface area contributed by atoms with E-state index in [1.54, 1.807) is 20.9 Å². The van der Waals surface area contributed by atoms with E-state index in [4.69, 9.17) is 0 Å². The molecular weight excluding hydrogens is 338 g/mol. The van der Waals surface area contributed by atoms with Gasteiger partial charge in [0, 0.05) is 18.8 Å². The number of hydrogen-bond donors (Lipinski definition) is 1. The summed E-state index contributed by atoms with van der Waals surface area (Å²) < 4.78 is 3.27. The van der Waals surface area contributed by atoms with Crippen LogP contribution in [0.1, 0.15) is 19.8 Å². The van der Waals surface area contributed by atoms with Gasteiger partial charge in [0.1, 0.15) is 6.54 Å². The fraction of sp³-hybridized carbons (Fsp3) is 0.556. The maximum Gasteiger partial charge on any atom is 0.329 e. The van der Waals surface area contributed by atoms with Gasteiger partial charge in [-0.2, -0.15) is 11.8 Å². The third-order valence-electron chi connectivity index (χ3n) is 5.65. The molecule has 1 aromatic heterocycles. The molecule has 6 nitrogen and oxygen atoms in total. The minimum absolute atomic E-state index is 0.0332. The van der Waals surface area contributed by atoms with Gasteiger partial charge in [-0.25, -0.2) is 4.79 Å². The van der Waals surface area contributed by atoms with E-state index in [-0.39, 0.29) is 18.1 Å². The van der Waals surface area contributed by atoms with E-state index in [0.717, 1.165) is 29.0 Å². The fourth-order valence-electron chi connectivity index (χ4n) is 4.29. The summed E-state index contributed by atoms with van der Waals surface area (Å²) in [6.07, 6.45) is 0.994. The van der Waals surface area contributed by atoms with Gasteiger partial charge < -0.3 is 10.0 Å². The van der Waals surface area contributed by atoms with Crippen molar-refractivity contribution >= 4 is 28.7 Å². The highest BCUT2D eigenvalue weighted by Crippen LogP contribution is 2.41. The normalized spacial score (nSPS) is 26.2. The molecule has 7 heteroatoms. The monoisotopic (exact) mass is 361 g/mol. The van der Waals surface area contributed by atoms with Crippen LogP contribution in [0.5, 0.6) is 0 Å². The van der Waals surface area contributed by atoms with Crippen molar-refractivity contribution < 1.29 is 9.90 Å². The molecule has 2 saturated heterocycles. The van der Waals surface area contributed by atoms with E-state index in [1.807, 2.05) is 36.1 Å². The standard InChI is InChI=1S/C18H23N3O3S/c1-2-19-13-5-3-4-6-14(13)20(17(19)24)11-16(23)21-9-7-15(22)18(21)8-10-25-12-18/h3-6,15,22H,2,7-12H2,1H3. The molecule has 1 spiro atoms. The number of amides is 1. The number of rotatable bonds is 3. The van der Waals surface area contributed by atoms with Crippen LogP contribution in [0.15, 0.2) is 29.1 Å². The molecule has 0 bridgehead atoms. The number of aryl methyl sites for hydroxylation is 1. The molecule has 2 aliphatic rings. The lowest BCUT2D eigenvalue weighted by atomic mass is 9.92. The van der Waals surface area contributed by atoms with Crippen LogP contribution >= 0.6 is 11.8 Å². The van der Waals surface area contributed by atoms with Gasteiger partial charge in [0.15, 0.2) is 0 Å². The minimum Gasteiger partial charge on any atom is -0.391 e. The van der Waals surface area contributed by atoms with Crippen LogP contribution in [0, 0.1) is 0 Å². The lowest BCUT2D eigenvalue weighted by Crippen LogP contribution is -2.54. The summed E-state index contributed by atoms with van der Waals surface area (Å²) in [6.45, 7) is 3.11. The SMILES string of the molecule is CCn1c(=O)n(CC(=O)N2CCC(O)C23CCSC3)c2ccccc21. The zero-order chi connectivity index (χ0) is 17.6. The second-order valence-corrected chi connectivity index (χ2v) is 7.96. The highest BCUT2D eigenvalue weighted by atomic mass is 32.2. The van der Waals surface area contributed by atoms with Gasteiger partial charge in [0.2, 0.25) is 5.91 Å². The van der Waals surface area contributed by atoms with Crippen molar-refractivity contribution in [3.8, 4) is 0 Å². The van der Waals surface area contributed by atoms with Crippen molar-refractivity contribution in [3.63, 3.8) is 0 Å². The Balaban J connectivity index is 1.69. The molecule has 25 heavy (non-hydrogen) atoms. The van der Waals surface area contributed by atoms with Gasteiger partial charge >= 0.3 is 5.69 Å². The summed E-state index contributed by atoms with van der Waals surface area (Å²) in [4.78, 5) is 27.6. The van der Waals surface area contributed by atoms with Crippen molar-refractivity contribution in [1.82, 2.24) is 14.0 Å². The van der Waals surface area contributed by atoms with Crippen LogP contribution in [0.4, 0.5) is 0 Å². The average Bonchev–Trinajstić information content (AvgIpc) is 3.29. The first-order valence-electron chi connectivity index (χ1n) is 8.83. The number of thioether (sulfide) groups is 1. The van der Waals surface area contributed by atoms with Gasteiger partial charge in [0.25, 0.3) is 0 Å². The third-order valence-corrected chi connectivity index (χ3v) is 6.85. The molecule has 1 N–H and O–H groups in total. The number of benzene rings is 1. The number of aliphatic hydroxyl groups is 1. The minimum atomic E-state index is -0.458. The molecule has 2 atom stereocenters. The van der Waals surface area contributed by atoms with Crippen LogP contribution in [0.25, 0.3) is 11.0 Å². The smallest absolute Gasteiger partial charge is 0.329 e. The maximum absolute atomic E-state index is 13.1. The highest BCUT2D eigenvalue weighted by molar-refractivity contribution is 7.99. The number of hydrogen-bond acceptors (Lipinski definition) is 4. The van der Waals surface area contributed by atoms with E-state index in [1.165, 1.54) is 0 Å². The molecule has 0 saturated carbocycles. The number of para-hydroxylation sites is 2. The predicted octanol–water partition coefficient (Wildman–Crippen LogP) is 1.29. The van der Waals surface area contributed by atoms with E-state index in [2.05, 4.69) is 0 Å². The fourth-order valence-corrected chi connectivity index (χ4v) is 5.78. The number of aliphatic hydroxyl groups excluding tert-OH is 1. The summed E-state index contributed by atoms with van der Waals surface area (Å²) in [5, 5.41) is 10.5. The van der Waals surface area contributed by atoms with Gasteiger partial charge in [-0.1, -0.05) is 12.1 Å². The van der Waals surface area contributed by atoms with Crippen molar-refractivity contribution in [1.29, 1.82) is 0 Å². The Morgan fingerprint density at radius 3 is 2.68 bits per heavy atom. The van der Waals surface area contributed by atoms with Crippen molar-refractivity contribution in [3.05, 3.63) is 34.7 Å². The van der Waals surface area contributed by atoms with Crippen molar-refractivity contribution in [2.45, 2.75) is 44.5 Å². The Bertz CT molecular complexity index is 866. The Morgan fingerprint density at radius 1 is 1.32 bits per heavy atom. The van der Waals surface area contributed by atoms with E-state index in [9.17, 15) is 14.7 Å². The number of imidazole rings is 1. The summed E-state index contributed by atoms with van der Waals surface area (Å²) in [7, 11) is 0. The number of carbonyl (C=O) groups excluding carboxylic acids is 1. The van der Waals surface area contributed by atoms with Crippen molar-refractivity contribution in [2.24, 2.45) is 0 Å². The molecule has 0 radical (unpaired) electrons. The van der Waals surface area contributed by atoms with Gasteiger partial charge in [-0.3, -0.25) is 13.9 Å². The molecule has 2 aromatic rings. The molecule has 134 valence electrons. The first kappa shape index (κ1) is 16.7. The highest BCUT2D eigenvalue weighted by Gasteiger charge is 2.52. The number of likely N-dealkylation sites (tertiary alicyclic amines) is 1. The van der Waals surface area contributed by atoms with E-state index >= 15 is 0 Å². The molecule has 2 unspecified atom stereocenters. The number of carbonyl (C=O) groups is 1. The van der Waals surface area contributed by atoms with Crippen LogP contribution in [0.3, 0.4) is 0 Å². The van der Waals surface area contributed by atoms with Crippen molar-refractivity contribution in [2.75, 3.05) is 18.1 Å². The Hall–Kier alpha value is -1.73. The zero-order valence-electron chi connectivity index (χ0n) is 14.4. The molecule has 2 fully saturated rings. The summed E-state index contributed by atoms with van der Waals surface area (Å²) >= 11 is 1.79. The first-order valence-corrected chi connectivity index (χ1v) is 9.98. The lowest BCUT2D eigenvalue weighted by molar-refractivity contribution is -0.137. The molecule has 1 aromatic carbocycles. The first-order chi connectivity index (χ1) is 12.1. The second-order valence-electron chi connectivity index (χ2n) is 6.86. The molecule has 0 aliphatic carbocycles. The van der Waals surface area contributed by atoms with Crippen LogP contribution < -0.4 is 5.69 Å². The van der Waals surface area contributed by atoms with Crippen LogP contribution in [-0.4, -0.2) is 54.7 Å². The summed E-state index contributed by atoms with van der Waals surface area (Å²) in [6, 6.07) is 7.59. The van der Waals surface area contributed by atoms with Gasteiger partial charge in [-0.15, -0.1) is 0 Å². The zero-order valence-corrected chi connectivity index (χ0v) is 15.2. The number of fused-ring (bicyclic) bond motifs is 1. The second kappa shape index (κ2) is 6.21. The van der Waals surface area contributed by atoms with Crippen LogP contribution in [0.2, 0.25) is 0 Å². The summed E-state index contributed by atoms with van der Waals surface area (Å²) in [5.74, 6) is 1.68. The Kier molecular flexibility index (Phi) is 4.16. The average molecular weight is 361 g/mol. The Labute approximate surface area is 150 Å². The topological polar surface area (TPSA) is 67.5 Å². The quantitative estimate of drug-likeness (QED) is 0.895. The largest absolute Gasteiger partial charge is 0.391 e. The van der Waals surface area contributed by atoms with Crippen LogP contribution in [-0.2, 0) is 17.9 Å². The molecule has 3 heterocycles. The summed E-state index contributed by atoms with van der Waals surface area (Å²) in [5.41, 5.74) is 1.06. The molecular formula is C18H23N3O3S.